The molecule has 9 heteroatoms. The van der Waals surface area contributed by atoms with Crippen LogP contribution in [-0.2, 0) is 24.1 Å². The van der Waals surface area contributed by atoms with Gasteiger partial charge in [0.2, 0.25) is 0 Å². The maximum atomic E-state index is 10.7. The molecule has 0 atom stereocenters. The van der Waals surface area contributed by atoms with Crippen molar-refractivity contribution in [1.82, 2.24) is 15.0 Å². The van der Waals surface area contributed by atoms with Crippen molar-refractivity contribution in [2.45, 2.75) is 44.9 Å². The van der Waals surface area contributed by atoms with Crippen molar-refractivity contribution in [3.8, 4) is 17.2 Å². The van der Waals surface area contributed by atoms with E-state index in [0.717, 1.165) is 48.3 Å². The van der Waals surface area contributed by atoms with E-state index in [9.17, 15) is 4.79 Å². The zero-order chi connectivity index (χ0) is 23.2. The number of carboxylic acids is 1. The largest absolute Gasteiger partial charge is 0.492 e. The van der Waals surface area contributed by atoms with E-state index in [1.165, 1.54) is 0 Å². The molecular formula is C24H25Cl2N3O4. The predicted octanol–water partition coefficient (Wildman–Crippen LogP) is 5.32. The van der Waals surface area contributed by atoms with E-state index in [2.05, 4.69) is 10.2 Å². The molecule has 1 aliphatic carbocycles. The minimum atomic E-state index is -0.835. The van der Waals surface area contributed by atoms with Gasteiger partial charge in [-0.3, -0.25) is 4.79 Å². The van der Waals surface area contributed by atoms with E-state index in [1.54, 1.807) is 23.0 Å². The molecule has 0 amide bonds. The number of nitrogens with zero attached hydrogens (tertiary/aromatic N) is 3. The summed E-state index contributed by atoms with van der Waals surface area (Å²) in [6.45, 7) is 0.857. The molecule has 0 aliphatic heterocycles. The van der Waals surface area contributed by atoms with Crippen molar-refractivity contribution in [3.63, 3.8) is 0 Å². The Labute approximate surface area is 202 Å². The fourth-order valence-electron chi connectivity index (χ4n) is 3.71. The van der Waals surface area contributed by atoms with Crippen molar-refractivity contribution in [3.05, 3.63) is 63.4 Å². The highest BCUT2D eigenvalue weighted by Gasteiger charge is 2.18. The van der Waals surface area contributed by atoms with E-state index in [4.69, 9.17) is 37.8 Å². The molecule has 7 nitrogen and oxygen atoms in total. The second-order valence-electron chi connectivity index (χ2n) is 7.91. The number of fused-ring (bicyclic) bond motifs is 1. The molecule has 0 saturated heterocycles. The van der Waals surface area contributed by atoms with E-state index < -0.39 is 5.97 Å². The Kier molecular flexibility index (Phi) is 7.73. The number of hydrogen-bond acceptors (Lipinski definition) is 5. The van der Waals surface area contributed by atoms with E-state index in [-0.39, 0.29) is 6.42 Å². The van der Waals surface area contributed by atoms with Crippen molar-refractivity contribution in [1.29, 1.82) is 0 Å². The first-order valence-corrected chi connectivity index (χ1v) is 11.8. The van der Waals surface area contributed by atoms with E-state index in [0.29, 0.717) is 47.6 Å². The second-order valence-corrected chi connectivity index (χ2v) is 8.75. The van der Waals surface area contributed by atoms with Crippen LogP contribution in [0.25, 0.3) is 5.69 Å². The molecule has 0 fully saturated rings. The van der Waals surface area contributed by atoms with Gasteiger partial charge in [0.15, 0.2) is 0 Å². The van der Waals surface area contributed by atoms with Crippen molar-refractivity contribution in [2.75, 3.05) is 13.2 Å². The quantitative estimate of drug-likeness (QED) is 0.388. The SMILES string of the molecule is O=C(O)CCc1ccc(OCCCOc2ccc(Cl)cc2-n2nc3c(n2)CCCC3)c(Cl)c1. The van der Waals surface area contributed by atoms with Gasteiger partial charge in [-0.25, -0.2) is 0 Å². The number of halogens is 2. The molecule has 1 aromatic heterocycles. The average Bonchev–Trinajstić information content (AvgIpc) is 3.23. The molecule has 0 saturated carbocycles. The summed E-state index contributed by atoms with van der Waals surface area (Å²) in [5.41, 5.74) is 3.68. The van der Waals surface area contributed by atoms with Crippen molar-refractivity contribution >= 4 is 29.2 Å². The summed E-state index contributed by atoms with van der Waals surface area (Å²) in [4.78, 5) is 12.3. The van der Waals surface area contributed by atoms with Gasteiger partial charge >= 0.3 is 5.97 Å². The zero-order valence-corrected chi connectivity index (χ0v) is 19.6. The zero-order valence-electron chi connectivity index (χ0n) is 18.1. The molecule has 4 rings (SSSR count). The molecule has 0 unspecified atom stereocenters. The lowest BCUT2D eigenvalue weighted by Gasteiger charge is -2.12. The Morgan fingerprint density at radius 2 is 1.64 bits per heavy atom. The normalized spacial score (nSPS) is 12.9. The molecule has 33 heavy (non-hydrogen) atoms. The fraction of sp³-hybridized carbons (Fsp3) is 0.375. The molecule has 3 aromatic rings. The van der Waals surface area contributed by atoms with Crippen LogP contribution in [0.1, 0.15) is 42.6 Å². The molecule has 0 bridgehead atoms. The van der Waals surface area contributed by atoms with E-state index in [1.807, 2.05) is 18.2 Å². The maximum absolute atomic E-state index is 10.7. The Balaban J connectivity index is 1.31. The van der Waals surface area contributed by atoms with Crippen LogP contribution in [0.5, 0.6) is 11.5 Å². The molecule has 1 aliphatic rings. The third-order valence-corrected chi connectivity index (χ3v) is 5.94. The van der Waals surface area contributed by atoms with E-state index >= 15 is 0 Å². The first kappa shape index (κ1) is 23.4. The van der Waals surface area contributed by atoms with Gasteiger partial charge in [-0.15, -0.1) is 4.80 Å². The average molecular weight is 490 g/mol. The van der Waals surface area contributed by atoms with Crippen LogP contribution in [0.2, 0.25) is 10.0 Å². The summed E-state index contributed by atoms with van der Waals surface area (Å²) in [5, 5.41) is 19.1. The van der Waals surface area contributed by atoms with Crippen LogP contribution in [-0.4, -0.2) is 39.3 Å². The Bertz CT molecular complexity index is 1110. The van der Waals surface area contributed by atoms with Gasteiger partial charge in [0, 0.05) is 17.9 Å². The maximum Gasteiger partial charge on any atom is 0.303 e. The van der Waals surface area contributed by atoms with Gasteiger partial charge in [0.05, 0.1) is 29.6 Å². The van der Waals surface area contributed by atoms with Crippen molar-refractivity contribution < 1.29 is 19.4 Å². The Morgan fingerprint density at radius 1 is 0.970 bits per heavy atom. The number of ether oxygens (including phenoxy) is 2. The number of carbonyl (C=O) groups is 1. The second kappa shape index (κ2) is 10.9. The van der Waals surface area contributed by atoms with Crippen LogP contribution in [0.3, 0.4) is 0 Å². The highest BCUT2D eigenvalue weighted by atomic mass is 35.5. The monoisotopic (exact) mass is 489 g/mol. The molecule has 0 radical (unpaired) electrons. The minimum Gasteiger partial charge on any atom is -0.492 e. The summed E-state index contributed by atoms with van der Waals surface area (Å²) < 4.78 is 11.8. The number of rotatable bonds is 10. The van der Waals surface area contributed by atoms with Gasteiger partial charge in [-0.2, -0.15) is 10.2 Å². The molecule has 2 aromatic carbocycles. The predicted molar refractivity (Wildman–Crippen MR) is 126 cm³/mol. The first-order chi connectivity index (χ1) is 16.0. The fourth-order valence-corrected chi connectivity index (χ4v) is 4.13. The van der Waals surface area contributed by atoms with Crippen molar-refractivity contribution in [2.24, 2.45) is 0 Å². The molecule has 1 N–H and O–H groups in total. The van der Waals surface area contributed by atoms with Gasteiger partial charge in [-0.05, 0) is 68.0 Å². The highest BCUT2D eigenvalue weighted by Crippen LogP contribution is 2.28. The standard InChI is InChI=1S/C24H25Cl2N3O4/c25-17-8-10-23(21(15-17)29-27-19-4-1-2-5-20(19)28-29)33-13-3-12-32-22-9-6-16(14-18(22)26)7-11-24(30)31/h6,8-10,14-15H,1-5,7,11-13H2,(H,30,31). The van der Waals surface area contributed by atoms with Gasteiger partial charge < -0.3 is 14.6 Å². The van der Waals surface area contributed by atoms with Gasteiger partial charge in [-0.1, -0.05) is 29.3 Å². The highest BCUT2D eigenvalue weighted by molar-refractivity contribution is 6.32. The summed E-state index contributed by atoms with van der Waals surface area (Å²) in [6.07, 6.45) is 5.32. The lowest BCUT2D eigenvalue weighted by Crippen LogP contribution is -2.08. The minimum absolute atomic E-state index is 0.0667. The number of aryl methyl sites for hydroxylation is 3. The third kappa shape index (κ3) is 6.18. The Hall–Kier alpha value is -2.77. The molecular weight excluding hydrogens is 465 g/mol. The van der Waals surface area contributed by atoms with Crippen LogP contribution in [0, 0.1) is 0 Å². The lowest BCUT2D eigenvalue weighted by atomic mass is 10.0. The summed E-state index contributed by atoms with van der Waals surface area (Å²) in [7, 11) is 0. The number of benzene rings is 2. The number of aromatic nitrogens is 3. The smallest absolute Gasteiger partial charge is 0.303 e. The van der Waals surface area contributed by atoms with Gasteiger partial charge in [0.25, 0.3) is 0 Å². The molecule has 1 heterocycles. The first-order valence-electron chi connectivity index (χ1n) is 11.0. The third-order valence-electron chi connectivity index (χ3n) is 5.41. The van der Waals surface area contributed by atoms with Crippen LogP contribution >= 0.6 is 23.2 Å². The Morgan fingerprint density at radius 3 is 2.30 bits per heavy atom. The number of carboxylic acid groups (broad SMARTS) is 1. The van der Waals surface area contributed by atoms with Crippen LogP contribution in [0.15, 0.2) is 36.4 Å². The summed E-state index contributed by atoms with van der Waals surface area (Å²) >= 11 is 12.5. The van der Waals surface area contributed by atoms with Crippen LogP contribution in [0.4, 0.5) is 0 Å². The molecule has 174 valence electrons. The number of aliphatic carboxylic acids is 1. The van der Waals surface area contributed by atoms with Crippen LogP contribution < -0.4 is 9.47 Å². The summed E-state index contributed by atoms with van der Waals surface area (Å²) in [6, 6.07) is 10.8. The molecule has 0 spiro atoms. The number of hydrogen-bond donors (Lipinski definition) is 1. The lowest BCUT2D eigenvalue weighted by molar-refractivity contribution is -0.136. The topological polar surface area (TPSA) is 86.5 Å². The van der Waals surface area contributed by atoms with Gasteiger partial charge in [0.1, 0.15) is 17.2 Å². The summed E-state index contributed by atoms with van der Waals surface area (Å²) in [5.74, 6) is 0.389.